The van der Waals surface area contributed by atoms with Crippen molar-refractivity contribution in [2.24, 2.45) is 10.1 Å². The zero-order valence-electron chi connectivity index (χ0n) is 17.6. The highest BCUT2D eigenvalue weighted by Gasteiger charge is 2.35. The Bertz CT molecular complexity index is 1160. The summed E-state index contributed by atoms with van der Waals surface area (Å²) in [6.45, 7) is 4.63. The number of thioether (sulfide) groups is 1. The van der Waals surface area contributed by atoms with Crippen molar-refractivity contribution in [1.82, 2.24) is 5.01 Å². The molecular weight excluding hydrogens is 448 g/mol. The Morgan fingerprint density at radius 3 is 2.66 bits per heavy atom. The third kappa shape index (κ3) is 4.87. The second-order valence-corrected chi connectivity index (χ2v) is 8.54. The SMILES string of the molecule is CCC1=NN2C(=N)/C(=C/c3cc(Cl)ccc3OCCOc3ccc(C)cc3)C(=O)N=C2S1. The first-order valence-electron chi connectivity index (χ1n) is 10.1. The summed E-state index contributed by atoms with van der Waals surface area (Å²) in [5.41, 5.74) is 1.86. The van der Waals surface area contributed by atoms with E-state index in [2.05, 4.69) is 10.1 Å². The average Bonchev–Trinajstić information content (AvgIpc) is 3.20. The van der Waals surface area contributed by atoms with Gasteiger partial charge in [0.25, 0.3) is 5.91 Å². The maximum atomic E-state index is 12.6. The first-order valence-corrected chi connectivity index (χ1v) is 11.2. The fraction of sp³-hybridized carbons (Fsp3) is 0.217. The zero-order chi connectivity index (χ0) is 22.7. The lowest BCUT2D eigenvalue weighted by atomic mass is 10.1. The molecule has 0 spiro atoms. The molecule has 2 aliphatic rings. The van der Waals surface area contributed by atoms with Crippen LogP contribution in [0.5, 0.6) is 11.5 Å². The largest absolute Gasteiger partial charge is 0.490 e. The molecule has 32 heavy (non-hydrogen) atoms. The standard InChI is InChI=1S/C23H21ClN4O3S/c1-3-20-27-28-21(25)18(22(29)26-23(28)32-20)13-15-12-16(24)6-9-19(15)31-11-10-30-17-7-4-14(2)5-8-17/h4-9,12-13,25H,3,10-11H2,1-2H3/b18-13-,25-21?. The highest BCUT2D eigenvalue weighted by atomic mass is 35.5. The summed E-state index contributed by atoms with van der Waals surface area (Å²) >= 11 is 7.48. The highest BCUT2D eigenvalue weighted by Crippen LogP contribution is 2.31. The Morgan fingerprint density at radius 2 is 1.91 bits per heavy atom. The van der Waals surface area contributed by atoms with Crippen molar-refractivity contribution in [1.29, 1.82) is 5.41 Å². The van der Waals surface area contributed by atoms with E-state index in [4.69, 9.17) is 26.5 Å². The van der Waals surface area contributed by atoms with E-state index in [-0.39, 0.29) is 11.4 Å². The fourth-order valence-electron chi connectivity index (χ4n) is 3.04. The maximum absolute atomic E-state index is 12.6. The van der Waals surface area contributed by atoms with Gasteiger partial charge in [-0.2, -0.15) is 15.1 Å². The number of hydrazone groups is 1. The van der Waals surface area contributed by atoms with Crippen LogP contribution in [0.1, 0.15) is 24.5 Å². The number of carbonyl (C=O) groups excluding carboxylic acids is 1. The Balaban J connectivity index is 1.50. The molecule has 7 nitrogen and oxygen atoms in total. The summed E-state index contributed by atoms with van der Waals surface area (Å²) in [4.78, 5) is 16.7. The van der Waals surface area contributed by atoms with Gasteiger partial charge in [0.15, 0.2) is 5.84 Å². The first-order chi connectivity index (χ1) is 15.4. The summed E-state index contributed by atoms with van der Waals surface area (Å²) in [5, 5.41) is 15.9. The van der Waals surface area contributed by atoms with Gasteiger partial charge >= 0.3 is 0 Å². The number of fused-ring (bicyclic) bond motifs is 1. The minimum absolute atomic E-state index is 0.0235. The van der Waals surface area contributed by atoms with Crippen molar-refractivity contribution in [2.75, 3.05) is 13.2 Å². The van der Waals surface area contributed by atoms with Gasteiger partial charge in [0, 0.05) is 10.6 Å². The van der Waals surface area contributed by atoms with E-state index in [1.54, 1.807) is 24.3 Å². The van der Waals surface area contributed by atoms with Crippen LogP contribution in [0.15, 0.2) is 58.1 Å². The molecule has 0 aliphatic carbocycles. The number of benzene rings is 2. The Morgan fingerprint density at radius 1 is 1.16 bits per heavy atom. The van der Waals surface area contributed by atoms with E-state index >= 15 is 0 Å². The number of amides is 1. The number of hydrogen-bond acceptors (Lipinski definition) is 6. The molecule has 0 radical (unpaired) electrons. The van der Waals surface area contributed by atoms with Crippen molar-refractivity contribution in [3.05, 3.63) is 64.2 Å². The van der Waals surface area contributed by atoms with Crippen LogP contribution in [0, 0.1) is 12.3 Å². The molecule has 2 aromatic carbocycles. The molecule has 9 heteroatoms. The molecule has 1 amide bonds. The maximum Gasteiger partial charge on any atom is 0.283 e. The number of aliphatic imine (C=N–C) groups is 1. The number of nitrogens with one attached hydrogen (secondary N) is 1. The van der Waals surface area contributed by atoms with Gasteiger partial charge in [-0.1, -0.05) is 36.2 Å². The molecule has 2 aliphatic heterocycles. The molecule has 1 N–H and O–H groups in total. The van der Waals surface area contributed by atoms with E-state index in [9.17, 15) is 4.79 Å². The number of carbonyl (C=O) groups is 1. The number of aryl methyl sites for hydroxylation is 1. The summed E-state index contributed by atoms with van der Waals surface area (Å²) < 4.78 is 11.6. The molecule has 2 aromatic rings. The van der Waals surface area contributed by atoms with Gasteiger partial charge in [0.1, 0.15) is 29.8 Å². The molecular formula is C23H21ClN4O3S. The topological polar surface area (TPSA) is 87.3 Å². The molecule has 0 aromatic heterocycles. The smallest absolute Gasteiger partial charge is 0.283 e. The molecule has 0 fully saturated rings. The number of rotatable bonds is 7. The van der Waals surface area contributed by atoms with Gasteiger partial charge in [-0.05, 0) is 61.5 Å². The van der Waals surface area contributed by atoms with Gasteiger partial charge in [0.05, 0.1) is 5.57 Å². The summed E-state index contributed by atoms with van der Waals surface area (Å²) in [7, 11) is 0. The molecule has 0 saturated carbocycles. The quantitative estimate of drug-likeness (QED) is 0.449. The molecule has 4 rings (SSSR count). The molecule has 0 atom stereocenters. The van der Waals surface area contributed by atoms with Crippen molar-refractivity contribution in [2.45, 2.75) is 20.3 Å². The van der Waals surface area contributed by atoms with Gasteiger partial charge in [-0.3, -0.25) is 10.2 Å². The van der Waals surface area contributed by atoms with Crippen LogP contribution in [0.4, 0.5) is 0 Å². The van der Waals surface area contributed by atoms with Crippen LogP contribution in [0.3, 0.4) is 0 Å². The van der Waals surface area contributed by atoms with E-state index in [1.165, 1.54) is 16.8 Å². The summed E-state index contributed by atoms with van der Waals surface area (Å²) in [6, 6.07) is 12.9. The molecule has 0 bridgehead atoms. The fourth-order valence-corrected chi connectivity index (χ4v) is 4.04. The third-order valence-corrected chi connectivity index (χ3v) is 5.99. The van der Waals surface area contributed by atoms with Crippen molar-refractivity contribution in [3.63, 3.8) is 0 Å². The third-order valence-electron chi connectivity index (χ3n) is 4.70. The molecule has 2 heterocycles. The number of nitrogens with zero attached hydrogens (tertiary/aromatic N) is 3. The lowest BCUT2D eigenvalue weighted by molar-refractivity contribution is -0.114. The number of hydrogen-bond donors (Lipinski definition) is 1. The summed E-state index contributed by atoms with van der Waals surface area (Å²) in [5.74, 6) is 0.779. The minimum Gasteiger partial charge on any atom is -0.490 e. The lowest BCUT2D eigenvalue weighted by Crippen LogP contribution is -2.35. The van der Waals surface area contributed by atoms with Crippen LogP contribution in [0.25, 0.3) is 6.08 Å². The van der Waals surface area contributed by atoms with Crippen LogP contribution in [-0.4, -0.2) is 40.2 Å². The van der Waals surface area contributed by atoms with Gasteiger partial charge in [0.2, 0.25) is 5.17 Å². The predicted octanol–water partition coefficient (Wildman–Crippen LogP) is 5.14. The number of ether oxygens (including phenoxy) is 2. The van der Waals surface area contributed by atoms with Crippen molar-refractivity contribution in [3.8, 4) is 11.5 Å². The van der Waals surface area contributed by atoms with Crippen molar-refractivity contribution < 1.29 is 14.3 Å². The van der Waals surface area contributed by atoms with Crippen molar-refractivity contribution >= 4 is 51.4 Å². The van der Waals surface area contributed by atoms with Crippen LogP contribution in [0.2, 0.25) is 5.02 Å². The number of halogens is 1. The molecule has 0 saturated heterocycles. The predicted molar refractivity (Wildman–Crippen MR) is 129 cm³/mol. The second kappa shape index (κ2) is 9.58. The lowest BCUT2D eigenvalue weighted by Gasteiger charge is -2.20. The van der Waals surface area contributed by atoms with E-state index < -0.39 is 5.91 Å². The normalized spacial score (nSPS) is 16.7. The van der Waals surface area contributed by atoms with E-state index in [1.807, 2.05) is 38.1 Å². The average molecular weight is 469 g/mol. The zero-order valence-corrected chi connectivity index (χ0v) is 19.2. The Hall–Kier alpha value is -3.10. The number of amidine groups is 2. The van der Waals surface area contributed by atoms with Crippen LogP contribution < -0.4 is 9.47 Å². The monoisotopic (exact) mass is 468 g/mol. The molecule has 164 valence electrons. The van der Waals surface area contributed by atoms with E-state index in [0.29, 0.717) is 41.1 Å². The first kappa shape index (κ1) is 22.1. The Labute approximate surface area is 195 Å². The van der Waals surface area contributed by atoms with Gasteiger partial charge in [-0.15, -0.1) is 0 Å². The molecule has 0 unspecified atom stereocenters. The minimum atomic E-state index is -0.491. The Kier molecular flexibility index (Phi) is 6.62. The van der Waals surface area contributed by atoms with Crippen LogP contribution in [-0.2, 0) is 4.79 Å². The van der Waals surface area contributed by atoms with Crippen LogP contribution >= 0.6 is 23.4 Å². The van der Waals surface area contributed by atoms with Gasteiger partial charge in [-0.25, -0.2) is 0 Å². The van der Waals surface area contributed by atoms with Gasteiger partial charge < -0.3 is 9.47 Å². The summed E-state index contributed by atoms with van der Waals surface area (Å²) in [6.07, 6.45) is 2.27. The second-order valence-electron chi connectivity index (χ2n) is 7.06. The highest BCUT2D eigenvalue weighted by molar-refractivity contribution is 8.26. The van der Waals surface area contributed by atoms with E-state index in [0.717, 1.165) is 16.4 Å².